The van der Waals surface area contributed by atoms with Gasteiger partial charge >= 0.3 is 17.8 Å². The normalized spacial score (nSPS) is 15.5. The molecular weight excluding hydrogens is 290 g/mol. The average Bonchev–Trinajstić information content (AvgIpc) is 2.48. The number of hydrogen-bond donors (Lipinski definition) is 1. The Morgan fingerprint density at radius 3 is 2.06 bits per heavy atom. The van der Waals surface area contributed by atoms with Crippen LogP contribution in [0.25, 0.3) is 0 Å². The standard InChI is InChI=1S/C9H3Cl3N2O3/c10-3-1-5(12)6(2-4(3)11)14-8(16)7(15)13-9(14)17/h1-2H,(H,13,15,17). The average molecular weight is 293 g/mol. The highest BCUT2D eigenvalue weighted by molar-refractivity contribution is 6.54. The van der Waals surface area contributed by atoms with Gasteiger partial charge < -0.3 is 0 Å². The van der Waals surface area contributed by atoms with Gasteiger partial charge in [0.2, 0.25) is 0 Å². The second kappa shape index (κ2) is 4.18. The molecule has 0 bridgehead atoms. The van der Waals surface area contributed by atoms with Gasteiger partial charge in [-0.1, -0.05) is 34.8 Å². The summed E-state index contributed by atoms with van der Waals surface area (Å²) in [4.78, 5) is 34.4. The van der Waals surface area contributed by atoms with Crippen LogP contribution in [0.2, 0.25) is 15.1 Å². The van der Waals surface area contributed by atoms with E-state index >= 15 is 0 Å². The van der Waals surface area contributed by atoms with Crippen LogP contribution in [0.1, 0.15) is 0 Å². The molecule has 1 aromatic rings. The fraction of sp³-hybridized carbons (Fsp3) is 0. The number of benzene rings is 1. The van der Waals surface area contributed by atoms with Gasteiger partial charge in [-0.3, -0.25) is 14.9 Å². The molecule has 5 nitrogen and oxygen atoms in total. The molecule has 0 atom stereocenters. The fourth-order valence-corrected chi connectivity index (χ4v) is 1.93. The first-order valence-electron chi connectivity index (χ1n) is 4.25. The molecule has 0 saturated carbocycles. The van der Waals surface area contributed by atoms with Crippen molar-refractivity contribution < 1.29 is 14.4 Å². The number of carbonyl (C=O) groups excluding carboxylic acids is 3. The van der Waals surface area contributed by atoms with Gasteiger partial charge in [-0.2, -0.15) is 0 Å². The first-order chi connectivity index (χ1) is 7.91. The molecule has 8 heteroatoms. The van der Waals surface area contributed by atoms with E-state index in [1.807, 2.05) is 5.32 Å². The van der Waals surface area contributed by atoms with E-state index in [-0.39, 0.29) is 20.8 Å². The second-order valence-corrected chi connectivity index (χ2v) is 4.34. The van der Waals surface area contributed by atoms with E-state index in [0.29, 0.717) is 4.90 Å². The van der Waals surface area contributed by atoms with Crippen LogP contribution in [0.3, 0.4) is 0 Å². The number of amides is 4. The Kier molecular flexibility index (Phi) is 2.99. The lowest BCUT2D eigenvalue weighted by atomic mass is 10.3. The molecule has 1 aliphatic rings. The summed E-state index contributed by atoms with van der Waals surface area (Å²) >= 11 is 17.3. The summed E-state index contributed by atoms with van der Waals surface area (Å²) in [6, 6.07) is 1.65. The van der Waals surface area contributed by atoms with Crippen LogP contribution in [-0.2, 0) is 9.59 Å². The summed E-state index contributed by atoms with van der Waals surface area (Å²) in [6.07, 6.45) is 0. The number of rotatable bonds is 1. The molecule has 0 radical (unpaired) electrons. The van der Waals surface area contributed by atoms with Gasteiger partial charge in [-0.15, -0.1) is 0 Å². The van der Waals surface area contributed by atoms with Crippen LogP contribution in [0, 0.1) is 0 Å². The van der Waals surface area contributed by atoms with Crippen LogP contribution in [-0.4, -0.2) is 17.8 Å². The van der Waals surface area contributed by atoms with Crippen molar-refractivity contribution in [2.45, 2.75) is 0 Å². The summed E-state index contributed by atoms with van der Waals surface area (Å²) in [7, 11) is 0. The van der Waals surface area contributed by atoms with E-state index in [2.05, 4.69) is 0 Å². The highest BCUT2D eigenvalue weighted by Crippen LogP contribution is 2.35. The molecule has 1 aromatic carbocycles. The van der Waals surface area contributed by atoms with E-state index in [1.165, 1.54) is 12.1 Å². The first kappa shape index (κ1) is 12.2. The number of halogens is 3. The summed E-state index contributed by atoms with van der Waals surface area (Å²) < 4.78 is 0. The Labute approximate surface area is 110 Å². The predicted octanol–water partition coefficient (Wildman–Crippen LogP) is 2.23. The van der Waals surface area contributed by atoms with Gasteiger partial charge in [0.1, 0.15) is 0 Å². The van der Waals surface area contributed by atoms with Gasteiger partial charge in [0.15, 0.2) is 0 Å². The quantitative estimate of drug-likeness (QED) is 0.490. The summed E-state index contributed by atoms with van der Waals surface area (Å²) in [5.41, 5.74) is 0.00872. The van der Waals surface area contributed by atoms with Crippen LogP contribution >= 0.6 is 34.8 Å². The molecule has 0 aromatic heterocycles. The van der Waals surface area contributed by atoms with E-state index in [1.54, 1.807) is 0 Å². The van der Waals surface area contributed by atoms with E-state index in [4.69, 9.17) is 34.8 Å². The molecule has 0 unspecified atom stereocenters. The number of nitrogens with one attached hydrogen (secondary N) is 1. The van der Waals surface area contributed by atoms with Crippen LogP contribution < -0.4 is 10.2 Å². The molecule has 4 amide bonds. The van der Waals surface area contributed by atoms with E-state index in [9.17, 15) is 14.4 Å². The van der Waals surface area contributed by atoms with E-state index in [0.717, 1.165) is 0 Å². The molecule has 2 rings (SSSR count). The van der Waals surface area contributed by atoms with Gasteiger partial charge in [-0.05, 0) is 12.1 Å². The second-order valence-electron chi connectivity index (χ2n) is 3.12. The Hall–Kier alpha value is -1.30. The van der Waals surface area contributed by atoms with Crippen molar-refractivity contribution in [2.24, 2.45) is 0 Å². The minimum Gasteiger partial charge on any atom is -0.269 e. The molecule has 1 heterocycles. The zero-order chi connectivity index (χ0) is 12.7. The van der Waals surface area contributed by atoms with Crippen molar-refractivity contribution in [3.05, 3.63) is 27.2 Å². The van der Waals surface area contributed by atoms with Crippen LogP contribution in [0.15, 0.2) is 12.1 Å². The number of hydrogen-bond acceptors (Lipinski definition) is 3. The van der Waals surface area contributed by atoms with Gasteiger partial charge in [0.05, 0.1) is 20.8 Å². The minimum absolute atomic E-state index is 0.00872. The monoisotopic (exact) mass is 292 g/mol. The molecule has 88 valence electrons. The third-order valence-electron chi connectivity index (χ3n) is 2.05. The van der Waals surface area contributed by atoms with Gasteiger partial charge in [-0.25, -0.2) is 9.69 Å². The molecule has 0 spiro atoms. The maximum absolute atomic E-state index is 11.4. The highest BCUT2D eigenvalue weighted by atomic mass is 35.5. The van der Waals surface area contributed by atoms with Gasteiger partial charge in [0.25, 0.3) is 0 Å². The molecule has 1 fully saturated rings. The zero-order valence-electron chi connectivity index (χ0n) is 7.96. The first-order valence-corrected chi connectivity index (χ1v) is 5.39. The molecular formula is C9H3Cl3N2O3. The predicted molar refractivity (Wildman–Crippen MR) is 62.5 cm³/mol. The lowest BCUT2D eigenvalue weighted by molar-refractivity contribution is -0.134. The van der Waals surface area contributed by atoms with Crippen molar-refractivity contribution in [3.63, 3.8) is 0 Å². The molecule has 17 heavy (non-hydrogen) atoms. The maximum Gasteiger partial charge on any atom is 0.336 e. The number of carbonyl (C=O) groups is 3. The SMILES string of the molecule is O=C1NC(=O)N(c2cc(Cl)c(Cl)cc2Cl)C1=O. The van der Waals surface area contributed by atoms with Gasteiger partial charge in [0, 0.05) is 0 Å². The van der Waals surface area contributed by atoms with Crippen molar-refractivity contribution in [3.8, 4) is 0 Å². The summed E-state index contributed by atoms with van der Waals surface area (Å²) in [5, 5.41) is 2.18. The molecule has 1 N–H and O–H groups in total. The van der Waals surface area contributed by atoms with Crippen molar-refractivity contribution in [2.75, 3.05) is 4.90 Å². The number of anilines is 1. The lowest BCUT2D eigenvalue weighted by Gasteiger charge is -2.13. The largest absolute Gasteiger partial charge is 0.336 e. The smallest absolute Gasteiger partial charge is 0.269 e. The van der Waals surface area contributed by atoms with Crippen LogP contribution in [0.5, 0.6) is 0 Å². The van der Waals surface area contributed by atoms with Crippen LogP contribution in [0.4, 0.5) is 10.5 Å². The Balaban J connectivity index is 2.55. The Morgan fingerprint density at radius 1 is 0.941 bits per heavy atom. The van der Waals surface area contributed by atoms with Crippen molar-refractivity contribution in [1.29, 1.82) is 0 Å². The highest BCUT2D eigenvalue weighted by Gasteiger charge is 2.39. The van der Waals surface area contributed by atoms with Crippen molar-refractivity contribution >= 4 is 58.3 Å². The van der Waals surface area contributed by atoms with E-state index < -0.39 is 17.8 Å². The molecule has 0 aliphatic carbocycles. The number of imide groups is 2. The third-order valence-corrected chi connectivity index (χ3v) is 3.08. The fourth-order valence-electron chi connectivity index (χ4n) is 1.30. The van der Waals surface area contributed by atoms with Crippen molar-refractivity contribution in [1.82, 2.24) is 5.32 Å². The topological polar surface area (TPSA) is 66.5 Å². The summed E-state index contributed by atoms with van der Waals surface area (Å²) in [5.74, 6) is -2.03. The lowest BCUT2D eigenvalue weighted by Crippen LogP contribution is -2.31. The third kappa shape index (κ3) is 1.97. The number of urea groups is 1. The summed E-state index contributed by atoms with van der Waals surface area (Å²) in [6.45, 7) is 0. The number of nitrogens with zero attached hydrogens (tertiary/aromatic N) is 1. The molecule has 1 aliphatic heterocycles. The zero-order valence-corrected chi connectivity index (χ0v) is 10.2. The molecule has 1 saturated heterocycles. The maximum atomic E-state index is 11.4. The Bertz CT molecular complexity index is 559. The minimum atomic E-state index is -1.02. The Morgan fingerprint density at radius 2 is 1.53 bits per heavy atom.